The van der Waals surface area contributed by atoms with E-state index in [9.17, 15) is 9.50 Å². The van der Waals surface area contributed by atoms with Crippen molar-refractivity contribution in [1.82, 2.24) is 9.88 Å². The van der Waals surface area contributed by atoms with Crippen molar-refractivity contribution in [2.45, 2.75) is 37.5 Å². The Bertz CT molecular complexity index is 1040. The van der Waals surface area contributed by atoms with Crippen LogP contribution >= 0.6 is 0 Å². The number of nitrogens with zero attached hydrogens (tertiary/aromatic N) is 3. The Balaban J connectivity index is 1.58. The van der Waals surface area contributed by atoms with Crippen molar-refractivity contribution >= 4 is 6.02 Å². The summed E-state index contributed by atoms with van der Waals surface area (Å²) < 4.78 is 26.4. The molecule has 0 saturated carbocycles. The van der Waals surface area contributed by atoms with Crippen LogP contribution in [0.4, 0.5) is 4.39 Å². The summed E-state index contributed by atoms with van der Waals surface area (Å²) in [5.41, 5.74) is 6.45. The average Bonchev–Trinajstić information content (AvgIpc) is 3.10. The van der Waals surface area contributed by atoms with Crippen LogP contribution in [0.5, 0.6) is 5.75 Å². The second-order valence-corrected chi connectivity index (χ2v) is 9.31. The third-order valence-corrected chi connectivity index (χ3v) is 6.40. The smallest absolute Gasteiger partial charge is 0.283 e. The van der Waals surface area contributed by atoms with E-state index in [1.165, 1.54) is 6.20 Å². The fourth-order valence-corrected chi connectivity index (χ4v) is 5.16. The normalized spacial score (nSPS) is 27.8. The lowest BCUT2D eigenvalue weighted by Crippen LogP contribution is -2.58. The van der Waals surface area contributed by atoms with Crippen molar-refractivity contribution in [2.75, 3.05) is 26.2 Å². The quantitative estimate of drug-likeness (QED) is 0.732. The molecule has 1 fully saturated rings. The van der Waals surface area contributed by atoms with Crippen molar-refractivity contribution < 1.29 is 19.0 Å². The molecule has 7 nitrogen and oxygen atoms in total. The van der Waals surface area contributed by atoms with Crippen molar-refractivity contribution in [2.24, 2.45) is 16.6 Å². The number of aliphatic hydroxyl groups is 1. The van der Waals surface area contributed by atoms with E-state index in [2.05, 4.69) is 9.88 Å². The number of nitrogens with two attached hydrogens (primary N) is 1. The minimum Gasteiger partial charge on any atom is -0.490 e. The number of ether oxygens (including phenoxy) is 2. The molecule has 0 amide bonds. The van der Waals surface area contributed by atoms with Gasteiger partial charge in [0.25, 0.3) is 6.02 Å². The molecule has 8 heteroatoms. The molecule has 1 aromatic heterocycles. The van der Waals surface area contributed by atoms with E-state index < -0.39 is 17.1 Å². The van der Waals surface area contributed by atoms with E-state index in [0.29, 0.717) is 30.8 Å². The van der Waals surface area contributed by atoms with Crippen LogP contribution < -0.4 is 10.5 Å². The fraction of sp³-hybridized carbons (Fsp3) is 0.478. The molecule has 2 aromatic rings. The molecule has 1 spiro atoms. The highest BCUT2D eigenvalue weighted by Gasteiger charge is 2.55. The lowest BCUT2D eigenvalue weighted by atomic mass is 9.71. The first kappa shape index (κ1) is 20.2. The maximum Gasteiger partial charge on any atom is 0.283 e. The monoisotopic (exact) mass is 426 g/mol. The zero-order valence-electron chi connectivity index (χ0n) is 17.7. The highest BCUT2D eigenvalue weighted by Crippen LogP contribution is 2.51. The van der Waals surface area contributed by atoms with E-state index in [4.69, 9.17) is 20.2 Å². The number of hydrogen-bond acceptors (Lipinski definition) is 7. The third kappa shape index (κ3) is 3.53. The van der Waals surface area contributed by atoms with Crippen LogP contribution in [-0.4, -0.2) is 59.0 Å². The first-order valence-corrected chi connectivity index (χ1v) is 10.6. The summed E-state index contributed by atoms with van der Waals surface area (Å²) in [6, 6.07) is 9.22. The number of pyridine rings is 1. The standard InChI is InChI=1S/C23H27FN4O3/c1-22(2,29)12-28-9-7-19-17(11-28)23(13-30-21(25)27-23)16-10-14(5-6-18(16)31-19)15-4-3-8-26-20(15)24/h3-6,8,10,17,19,29H,7,9,11-13H2,1-2H3,(H2,25,27)/t17-,19?,23?/m0/s1. The Labute approximate surface area is 180 Å². The van der Waals surface area contributed by atoms with Gasteiger partial charge in [-0.15, -0.1) is 0 Å². The van der Waals surface area contributed by atoms with Crippen molar-refractivity contribution in [3.8, 4) is 16.9 Å². The topological polar surface area (TPSA) is 93.2 Å². The molecule has 3 aliphatic heterocycles. The molecule has 2 unspecified atom stereocenters. The summed E-state index contributed by atoms with van der Waals surface area (Å²) in [6.07, 6.45) is 2.21. The molecule has 0 radical (unpaired) electrons. The van der Waals surface area contributed by atoms with Gasteiger partial charge in [0, 0.05) is 42.9 Å². The number of hydrogen-bond donors (Lipinski definition) is 2. The number of amidine groups is 1. The van der Waals surface area contributed by atoms with Crippen LogP contribution in [0.25, 0.3) is 11.1 Å². The zero-order valence-corrected chi connectivity index (χ0v) is 17.7. The average molecular weight is 426 g/mol. The van der Waals surface area contributed by atoms with Gasteiger partial charge in [0.2, 0.25) is 5.95 Å². The Morgan fingerprint density at radius 1 is 1.35 bits per heavy atom. The Morgan fingerprint density at radius 2 is 2.19 bits per heavy atom. The number of aliphatic imine (C=N–C) groups is 1. The molecule has 3 N–H and O–H groups in total. The minimum atomic E-state index is -0.799. The van der Waals surface area contributed by atoms with Gasteiger partial charge in [0.15, 0.2) is 0 Å². The van der Waals surface area contributed by atoms with E-state index >= 15 is 0 Å². The van der Waals surface area contributed by atoms with Gasteiger partial charge in [0.05, 0.1) is 5.60 Å². The molecular formula is C23H27FN4O3. The lowest BCUT2D eigenvalue weighted by molar-refractivity contribution is -0.0467. The molecule has 1 saturated heterocycles. The zero-order chi connectivity index (χ0) is 21.8. The van der Waals surface area contributed by atoms with E-state index in [0.717, 1.165) is 24.3 Å². The van der Waals surface area contributed by atoms with Crippen molar-refractivity contribution in [3.05, 3.63) is 48.0 Å². The molecule has 4 heterocycles. The Hall–Kier alpha value is -2.71. The maximum absolute atomic E-state index is 14.4. The molecule has 0 aliphatic carbocycles. The predicted molar refractivity (Wildman–Crippen MR) is 114 cm³/mol. The Kier molecular flexibility index (Phi) is 4.67. The lowest BCUT2D eigenvalue weighted by Gasteiger charge is -2.49. The SMILES string of the molecule is CC(C)(O)CN1CCC2Oc3ccc(-c4cccnc4F)cc3C3(COC(N)=N3)[C@H]2C1. The summed E-state index contributed by atoms with van der Waals surface area (Å²) in [7, 11) is 0. The molecule has 31 heavy (non-hydrogen) atoms. The van der Waals surface area contributed by atoms with Crippen LogP contribution in [0.3, 0.4) is 0 Å². The van der Waals surface area contributed by atoms with E-state index in [1.807, 2.05) is 32.0 Å². The van der Waals surface area contributed by atoms with Crippen LogP contribution in [0.1, 0.15) is 25.8 Å². The molecule has 5 rings (SSSR count). The third-order valence-electron chi connectivity index (χ3n) is 6.40. The highest BCUT2D eigenvalue weighted by atomic mass is 19.1. The number of rotatable bonds is 3. The molecule has 3 atom stereocenters. The number of likely N-dealkylation sites (tertiary alicyclic amines) is 1. The minimum absolute atomic E-state index is 0.00820. The summed E-state index contributed by atoms with van der Waals surface area (Å²) in [5, 5.41) is 10.3. The van der Waals surface area contributed by atoms with Gasteiger partial charge in [-0.25, -0.2) is 9.98 Å². The number of halogens is 1. The van der Waals surface area contributed by atoms with Gasteiger partial charge in [-0.05, 0) is 50.1 Å². The molecule has 3 aliphatic rings. The van der Waals surface area contributed by atoms with Crippen LogP contribution in [0, 0.1) is 11.9 Å². The first-order valence-electron chi connectivity index (χ1n) is 10.6. The number of aromatic nitrogens is 1. The maximum atomic E-state index is 14.4. The van der Waals surface area contributed by atoms with Crippen LogP contribution in [0.15, 0.2) is 41.5 Å². The molecule has 1 aromatic carbocycles. The van der Waals surface area contributed by atoms with Crippen LogP contribution in [-0.2, 0) is 10.3 Å². The summed E-state index contributed by atoms with van der Waals surface area (Å²) in [5.74, 6) is 0.198. The highest BCUT2D eigenvalue weighted by molar-refractivity contribution is 5.75. The first-order chi connectivity index (χ1) is 14.7. The summed E-state index contributed by atoms with van der Waals surface area (Å²) in [6.45, 7) is 6.01. The molecule has 164 valence electrons. The number of benzene rings is 1. The van der Waals surface area contributed by atoms with E-state index in [-0.39, 0.29) is 18.0 Å². The molecular weight excluding hydrogens is 399 g/mol. The van der Waals surface area contributed by atoms with Gasteiger partial charge in [-0.3, -0.25) is 4.90 Å². The van der Waals surface area contributed by atoms with Gasteiger partial charge in [-0.1, -0.05) is 6.07 Å². The predicted octanol–water partition coefficient (Wildman–Crippen LogP) is 2.28. The summed E-state index contributed by atoms with van der Waals surface area (Å²) >= 11 is 0. The largest absolute Gasteiger partial charge is 0.490 e. The number of fused-ring (bicyclic) bond motifs is 4. The van der Waals surface area contributed by atoms with Crippen LogP contribution in [0.2, 0.25) is 0 Å². The second-order valence-electron chi connectivity index (χ2n) is 9.31. The fourth-order valence-electron chi connectivity index (χ4n) is 5.16. The Morgan fingerprint density at radius 3 is 2.90 bits per heavy atom. The van der Waals surface area contributed by atoms with Gasteiger partial charge in [0.1, 0.15) is 24.0 Å². The van der Waals surface area contributed by atoms with Gasteiger partial charge < -0.3 is 20.3 Å². The summed E-state index contributed by atoms with van der Waals surface area (Å²) in [4.78, 5) is 10.8. The molecule has 0 bridgehead atoms. The van der Waals surface area contributed by atoms with Gasteiger partial charge in [-0.2, -0.15) is 4.39 Å². The van der Waals surface area contributed by atoms with E-state index in [1.54, 1.807) is 12.1 Å². The number of piperidine rings is 1. The van der Waals surface area contributed by atoms with Crippen molar-refractivity contribution in [1.29, 1.82) is 0 Å². The number of β-amino-alcohol motifs (C(OH)–C–C–N with tert-alkyl or cyclic N) is 1. The van der Waals surface area contributed by atoms with Crippen molar-refractivity contribution in [3.63, 3.8) is 0 Å². The second kappa shape index (κ2) is 7.17. The van der Waals surface area contributed by atoms with Gasteiger partial charge >= 0.3 is 0 Å².